The summed E-state index contributed by atoms with van der Waals surface area (Å²) in [4.78, 5) is 21.2. The van der Waals surface area contributed by atoms with E-state index in [1.54, 1.807) is 7.05 Å². The number of halogens is 1. The summed E-state index contributed by atoms with van der Waals surface area (Å²) in [7, 11) is 3.60. The van der Waals surface area contributed by atoms with Crippen LogP contribution in [0.15, 0.2) is 4.99 Å². The fourth-order valence-electron chi connectivity index (χ4n) is 4.42. The zero-order chi connectivity index (χ0) is 19.1. The first kappa shape index (κ1) is 24.0. The van der Waals surface area contributed by atoms with E-state index < -0.39 is 0 Å². The molecule has 3 saturated heterocycles. The molecule has 0 spiro atoms. The van der Waals surface area contributed by atoms with Gasteiger partial charge in [-0.15, -0.1) is 24.0 Å². The van der Waals surface area contributed by atoms with E-state index in [2.05, 4.69) is 37.2 Å². The third-order valence-electron chi connectivity index (χ3n) is 6.22. The predicted molar refractivity (Wildman–Crippen MR) is 127 cm³/mol. The van der Waals surface area contributed by atoms with Crippen LogP contribution in [0.3, 0.4) is 0 Å². The van der Waals surface area contributed by atoms with Gasteiger partial charge in [-0.1, -0.05) is 0 Å². The summed E-state index contributed by atoms with van der Waals surface area (Å²) in [5.41, 5.74) is 0.224. The Morgan fingerprint density at radius 3 is 2.54 bits per heavy atom. The van der Waals surface area contributed by atoms with Crippen LogP contribution in [-0.2, 0) is 9.53 Å². The summed E-state index contributed by atoms with van der Waals surface area (Å²) in [5, 5.41) is 6.43. The smallest absolute Gasteiger partial charge is 0.220 e. The lowest BCUT2D eigenvalue weighted by Gasteiger charge is -2.44. The Bertz CT molecular complexity index is 516. The van der Waals surface area contributed by atoms with Crippen molar-refractivity contribution in [1.29, 1.82) is 0 Å². The van der Waals surface area contributed by atoms with Gasteiger partial charge >= 0.3 is 0 Å². The average molecular weight is 526 g/mol. The number of guanidine groups is 1. The number of amides is 1. The third-order valence-corrected chi connectivity index (χ3v) is 7.45. The molecule has 3 fully saturated rings. The van der Waals surface area contributed by atoms with Crippen LogP contribution >= 0.6 is 35.7 Å². The van der Waals surface area contributed by atoms with E-state index in [4.69, 9.17) is 4.74 Å². The van der Waals surface area contributed by atoms with Crippen molar-refractivity contribution >= 4 is 47.6 Å². The second-order valence-corrected chi connectivity index (χ2v) is 8.94. The minimum absolute atomic E-state index is 0. The molecule has 3 heterocycles. The maximum Gasteiger partial charge on any atom is 0.220 e. The molecule has 1 atom stereocenters. The van der Waals surface area contributed by atoms with Gasteiger partial charge in [-0.3, -0.25) is 14.7 Å². The molecular formula is C19H36IN5O2S. The van der Waals surface area contributed by atoms with Gasteiger partial charge in [0.1, 0.15) is 0 Å². The molecule has 2 N–H and O–H groups in total. The van der Waals surface area contributed by atoms with Gasteiger partial charge in [0, 0.05) is 64.5 Å². The number of aliphatic imine (C=N–C) groups is 1. The van der Waals surface area contributed by atoms with Crippen molar-refractivity contribution in [3.63, 3.8) is 0 Å². The Balaban J connectivity index is 0.00000280. The van der Waals surface area contributed by atoms with Crippen LogP contribution in [-0.4, -0.2) is 98.7 Å². The van der Waals surface area contributed by atoms with E-state index in [-0.39, 0.29) is 35.4 Å². The summed E-state index contributed by atoms with van der Waals surface area (Å²) in [5.74, 6) is 4.08. The second-order valence-electron chi connectivity index (χ2n) is 7.83. The van der Waals surface area contributed by atoms with Crippen molar-refractivity contribution in [1.82, 2.24) is 20.4 Å². The van der Waals surface area contributed by atoms with Crippen LogP contribution in [0.4, 0.5) is 0 Å². The monoisotopic (exact) mass is 525 g/mol. The highest BCUT2D eigenvalue weighted by molar-refractivity contribution is 14.0. The molecule has 3 rings (SSSR count). The molecule has 0 aromatic rings. The molecule has 7 nitrogen and oxygen atoms in total. The molecule has 28 heavy (non-hydrogen) atoms. The first-order valence-corrected chi connectivity index (χ1v) is 11.4. The molecule has 1 amide bonds. The summed E-state index contributed by atoms with van der Waals surface area (Å²) >= 11 is 2.06. The number of nitrogens with one attached hydrogen (secondary N) is 2. The summed E-state index contributed by atoms with van der Waals surface area (Å²) in [6, 6.07) is 0. The lowest BCUT2D eigenvalue weighted by Crippen LogP contribution is -2.60. The minimum atomic E-state index is 0. The molecule has 3 aliphatic heterocycles. The molecule has 0 aliphatic carbocycles. The Morgan fingerprint density at radius 1 is 1.25 bits per heavy atom. The number of ether oxygens (including phenoxy) is 1. The SMILES string of the molecule is CN=C(NCC1(N2CCOCC2)CCSC1)N1CCC(CC(=O)NC)CC1.I. The van der Waals surface area contributed by atoms with Crippen LogP contribution in [0.2, 0.25) is 0 Å². The number of likely N-dealkylation sites (tertiary alicyclic amines) is 1. The van der Waals surface area contributed by atoms with Crippen molar-refractivity contribution in [2.24, 2.45) is 10.9 Å². The average Bonchev–Trinajstić information content (AvgIpc) is 3.20. The van der Waals surface area contributed by atoms with E-state index >= 15 is 0 Å². The molecule has 0 bridgehead atoms. The molecule has 0 radical (unpaired) electrons. The van der Waals surface area contributed by atoms with Crippen LogP contribution < -0.4 is 10.6 Å². The number of carbonyl (C=O) groups excluding carboxylic acids is 1. The fraction of sp³-hybridized carbons (Fsp3) is 0.895. The van der Waals surface area contributed by atoms with Crippen molar-refractivity contribution in [2.75, 3.05) is 71.5 Å². The van der Waals surface area contributed by atoms with Gasteiger partial charge in [0.25, 0.3) is 0 Å². The molecule has 9 heteroatoms. The lowest BCUT2D eigenvalue weighted by atomic mass is 9.93. The van der Waals surface area contributed by atoms with Gasteiger partial charge in [-0.05, 0) is 30.9 Å². The number of hydrogen-bond acceptors (Lipinski definition) is 5. The second kappa shape index (κ2) is 11.8. The van der Waals surface area contributed by atoms with E-state index in [1.165, 1.54) is 17.9 Å². The number of hydrogen-bond donors (Lipinski definition) is 2. The first-order chi connectivity index (χ1) is 13.2. The Kier molecular flexibility index (Phi) is 10.1. The van der Waals surface area contributed by atoms with Crippen molar-refractivity contribution in [3.05, 3.63) is 0 Å². The summed E-state index contributed by atoms with van der Waals surface area (Å²) in [6.45, 7) is 6.66. The van der Waals surface area contributed by atoms with Crippen LogP contribution in [0.5, 0.6) is 0 Å². The van der Waals surface area contributed by atoms with E-state index in [1.807, 2.05) is 7.05 Å². The molecule has 3 aliphatic rings. The van der Waals surface area contributed by atoms with Crippen LogP contribution in [0, 0.1) is 5.92 Å². The quantitative estimate of drug-likeness (QED) is 0.320. The molecular weight excluding hydrogens is 489 g/mol. The zero-order valence-corrected chi connectivity index (χ0v) is 20.4. The number of rotatable bonds is 5. The largest absolute Gasteiger partial charge is 0.379 e. The highest BCUT2D eigenvalue weighted by Gasteiger charge is 2.41. The lowest BCUT2D eigenvalue weighted by molar-refractivity contribution is -0.121. The number of thioether (sulfide) groups is 1. The topological polar surface area (TPSA) is 69.2 Å². The fourth-order valence-corrected chi connectivity index (χ4v) is 5.90. The molecule has 162 valence electrons. The zero-order valence-electron chi connectivity index (χ0n) is 17.2. The summed E-state index contributed by atoms with van der Waals surface area (Å²) in [6.07, 6.45) is 3.99. The highest BCUT2D eigenvalue weighted by atomic mass is 127. The molecule has 0 aromatic heterocycles. The van der Waals surface area contributed by atoms with Gasteiger partial charge in [-0.25, -0.2) is 0 Å². The number of piperidine rings is 1. The normalized spacial score (nSPS) is 27.4. The Labute approximate surface area is 190 Å². The van der Waals surface area contributed by atoms with Gasteiger partial charge in [0.2, 0.25) is 5.91 Å². The Morgan fingerprint density at radius 2 is 1.96 bits per heavy atom. The van der Waals surface area contributed by atoms with E-state index in [0.717, 1.165) is 64.7 Å². The maximum atomic E-state index is 11.6. The molecule has 0 aromatic carbocycles. The summed E-state index contributed by atoms with van der Waals surface area (Å²) < 4.78 is 5.56. The first-order valence-electron chi connectivity index (χ1n) is 10.2. The predicted octanol–water partition coefficient (Wildman–Crippen LogP) is 1.24. The van der Waals surface area contributed by atoms with Gasteiger partial charge in [0.15, 0.2) is 5.96 Å². The number of nitrogens with zero attached hydrogens (tertiary/aromatic N) is 3. The highest BCUT2D eigenvalue weighted by Crippen LogP contribution is 2.33. The van der Waals surface area contributed by atoms with E-state index in [0.29, 0.717) is 12.3 Å². The van der Waals surface area contributed by atoms with Gasteiger partial charge in [0.05, 0.1) is 13.2 Å². The van der Waals surface area contributed by atoms with Crippen molar-refractivity contribution in [2.45, 2.75) is 31.2 Å². The number of morpholine rings is 1. The molecule has 0 saturated carbocycles. The van der Waals surface area contributed by atoms with Gasteiger partial charge < -0.3 is 20.3 Å². The third kappa shape index (κ3) is 6.12. The molecule has 1 unspecified atom stereocenters. The maximum absolute atomic E-state index is 11.6. The Hall–Kier alpha value is -0.260. The number of carbonyl (C=O) groups is 1. The van der Waals surface area contributed by atoms with Crippen LogP contribution in [0.25, 0.3) is 0 Å². The van der Waals surface area contributed by atoms with Crippen LogP contribution in [0.1, 0.15) is 25.7 Å². The minimum Gasteiger partial charge on any atom is -0.379 e. The van der Waals surface area contributed by atoms with Gasteiger partial charge in [-0.2, -0.15) is 11.8 Å². The standard InChI is InChI=1S/C19H35N5O2S.HI/c1-20-17(25)13-16-3-6-23(7-4-16)18(21-2)22-14-19(5-12-27-15-19)24-8-10-26-11-9-24;/h16H,3-15H2,1-2H3,(H,20,25)(H,21,22);1H. The van der Waals surface area contributed by atoms with Crippen molar-refractivity contribution < 1.29 is 9.53 Å². The van der Waals surface area contributed by atoms with Crippen molar-refractivity contribution in [3.8, 4) is 0 Å². The van der Waals surface area contributed by atoms with E-state index in [9.17, 15) is 4.79 Å².